The molecule has 1 aliphatic rings. The molecule has 1 aliphatic heterocycles. The molecule has 1 fully saturated rings. The number of carbonyl (C=O) groups excluding carboxylic acids is 1. The van der Waals surface area contributed by atoms with E-state index in [1.807, 2.05) is 29.2 Å². The number of carbonyl (C=O) groups is 1. The molecule has 0 unspecified atom stereocenters. The Labute approximate surface area is 183 Å². The van der Waals surface area contributed by atoms with E-state index in [0.717, 1.165) is 31.7 Å². The lowest BCUT2D eigenvalue weighted by atomic mass is 10.2. The summed E-state index contributed by atoms with van der Waals surface area (Å²) in [6, 6.07) is 16.0. The lowest BCUT2D eigenvalue weighted by Gasteiger charge is -2.24. The molecule has 1 saturated heterocycles. The molecule has 0 aliphatic carbocycles. The SMILES string of the molecule is CS(=O)(=O)c1ccc(OCCCC(=O)N2CCCN(c3ccc(C#N)cc3)CC2)cc1. The fourth-order valence-electron chi connectivity index (χ4n) is 3.53. The van der Waals surface area contributed by atoms with Crippen LogP contribution in [0.25, 0.3) is 0 Å². The van der Waals surface area contributed by atoms with Gasteiger partial charge in [-0.05, 0) is 61.4 Å². The first-order valence-electron chi connectivity index (χ1n) is 10.3. The minimum atomic E-state index is -3.22. The molecular formula is C23H27N3O4S. The van der Waals surface area contributed by atoms with Crippen molar-refractivity contribution in [1.82, 2.24) is 4.90 Å². The molecule has 1 heterocycles. The van der Waals surface area contributed by atoms with Crippen LogP contribution in [0.2, 0.25) is 0 Å². The van der Waals surface area contributed by atoms with Crippen LogP contribution in [0, 0.1) is 11.3 Å². The quantitative estimate of drug-likeness (QED) is 0.614. The average molecular weight is 442 g/mol. The Morgan fingerprint density at radius 2 is 1.74 bits per heavy atom. The second-order valence-electron chi connectivity index (χ2n) is 7.58. The highest BCUT2D eigenvalue weighted by atomic mass is 32.2. The molecule has 8 heteroatoms. The van der Waals surface area contributed by atoms with Crippen molar-refractivity contribution >= 4 is 21.4 Å². The largest absolute Gasteiger partial charge is 0.494 e. The summed E-state index contributed by atoms with van der Waals surface area (Å²) in [7, 11) is -3.22. The van der Waals surface area contributed by atoms with Crippen molar-refractivity contribution in [2.24, 2.45) is 0 Å². The van der Waals surface area contributed by atoms with Gasteiger partial charge in [0.25, 0.3) is 0 Å². The third-order valence-corrected chi connectivity index (χ3v) is 6.39. The molecule has 0 spiro atoms. The third kappa shape index (κ3) is 6.46. The van der Waals surface area contributed by atoms with Crippen molar-refractivity contribution in [3.63, 3.8) is 0 Å². The molecule has 164 valence electrons. The first kappa shape index (κ1) is 22.6. The second kappa shape index (κ2) is 10.3. The molecular weight excluding hydrogens is 414 g/mol. The van der Waals surface area contributed by atoms with Crippen LogP contribution >= 0.6 is 0 Å². The van der Waals surface area contributed by atoms with E-state index in [0.29, 0.717) is 37.3 Å². The summed E-state index contributed by atoms with van der Waals surface area (Å²) in [4.78, 5) is 17.0. The van der Waals surface area contributed by atoms with Gasteiger partial charge in [-0.2, -0.15) is 5.26 Å². The van der Waals surface area contributed by atoms with Gasteiger partial charge in [0.2, 0.25) is 5.91 Å². The minimum absolute atomic E-state index is 0.123. The molecule has 0 atom stereocenters. The monoisotopic (exact) mass is 441 g/mol. The van der Waals surface area contributed by atoms with Crippen molar-refractivity contribution in [1.29, 1.82) is 5.26 Å². The van der Waals surface area contributed by atoms with E-state index < -0.39 is 9.84 Å². The summed E-state index contributed by atoms with van der Waals surface area (Å²) in [6.45, 7) is 3.45. The Kier molecular flexibility index (Phi) is 7.53. The average Bonchev–Trinajstić information content (AvgIpc) is 3.03. The lowest BCUT2D eigenvalue weighted by Crippen LogP contribution is -2.35. The number of sulfone groups is 1. The van der Waals surface area contributed by atoms with Crippen LogP contribution in [0.15, 0.2) is 53.4 Å². The number of benzene rings is 2. The fourth-order valence-corrected chi connectivity index (χ4v) is 4.16. The maximum Gasteiger partial charge on any atom is 0.222 e. The zero-order valence-electron chi connectivity index (χ0n) is 17.7. The Bertz CT molecular complexity index is 1030. The fraction of sp³-hybridized carbons (Fsp3) is 0.391. The molecule has 3 rings (SSSR count). The van der Waals surface area contributed by atoms with Crippen molar-refractivity contribution < 1.29 is 17.9 Å². The van der Waals surface area contributed by atoms with Gasteiger partial charge in [-0.3, -0.25) is 4.79 Å². The van der Waals surface area contributed by atoms with Crippen LogP contribution in [-0.4, -0.2) is 58.3 Å². The molecule has 2 aromatic rings. The van der Waals surface area contributed by atoms with Crippen LogP contribution in [0.4, 0.5) is 5.69 Å². The Hall–Kier alpha value is -3.05. The number of nitrogens with zero attached hydrogens (tertiary/aromatic N) is 3. The summed E-state index contributed by atoms with van der Waals surface area (Å²) >= 11 is 0. The first-order valence-corrected chi connectivity index (χ1v) is 12.2. The van der Waals surface area contributed by atoms with Gasteiger partial charge in [0, 0.05) is 44.5 Å². The Balaban J connectivity index is 1.42. The molecule has 0 aromatic heterocycles. The maximum absolute atomic E-state index is 12.6. The summed E-state index contributed by atoms with van der Waals surface area (Å²) in [6.07, 6.45) is 3.08. The summed E-state index contributed by atoms with van der Waals surface area (Å²) in [5, 5.41) is 8.93. The lowest BCUT2D eigenvalue weighted by molar-refractivity contribution is -0.131. The summed E-state index contributed by atoms with van der Waals surface area (Å²) in [5.41, 5.74) is 1.72. The van der Waals surface area contributed by atoms with Gasteiger partial charge in [-0.15, -0.1) is 0 Å². The topological polar surface area (TPSA) is 90.7 Å². The Morgan fingerprint density at radius 3 is 2.39 bits per heavy atom. The number of anilines is 1. The van der Waals surface area contributed by atoms with E-state index in [1.165, 1.54) is 18.4 Å². The number of hydrogen-bond donors (Lipinski definition) is 0. The number of amides is 1. The number of rotatable bonds is 7. The Morgan fingerprint density at radius 1 is 1.03 bits per heavy atom. The zero-order valence-corrected chi connectivity index (χ0v) is 18.5. The molecule has 0 saturated carbocycles. The predicted octanol–water partition coefficient (Wildman–Crippen LogP) is 2.86. The molecule has 7 nitrogen and oxygen atoms in total. The zero-order chi connectivity index (χ0) is 22.3. The van der Waals surface area contributed by atoms with Gasteiger partial charge in [0.05, 0.1) is 23.1 Å². The van der Waals surface area contributed by atoms with Crippen LogP contribution in [0.3, 0.4) is 0 Å². The summed E-state index contributed by atoms with van der Waals surface area (Å²) < 4.78 is 28.6. The highest BCUT2D eigenvalue weighted by molar-refractivity contribution is 7.90. The standard InChI is InChI=1S/C23H27N3O4S/c1-31(28,29)22-11-9-21(10-12-22)30-17-2-4-23(27)26-14-3-13-25(15-16-26)20-7-5-19(18-24)6-8-20/h5-12H,2-4,13-17H2,1H3. The normalized spacial score (nSPS) is 14.6. The van der Waals surface area contributed by atoms with E-state index >= 15 is 0 Å². The van der Waals surface area contributed by atoms with Crippen molar-refractivity contribution in [2.45, 2.75) is 24.2 Å². The molecule has 0 radical (unpaired) electrons. The van der Waals surface area contributed by atoms with Crippen LogP contribution in [0.5, 0.6) is 5.75 Å². The maximum atomic E-state index is 12.6. The highest BCUT2D eigenvalue weighted by Gasteiger charge is 2.19. The van der Waals surface area contributed by atoms with Gasteiger partial charge in [0.15, 0.2) is 9.84 Å². The molecule has 31 heavy (non-hydrogen) atoms. The van der Waals surface area contributed by atoms with Crippen LogP contribution < -0.4 is 9.64 Å². The van der Waals surface area contributed by atoms with Crippen molar-refractivity contribution in [3.05, 3.63) is 54.1 Å². The van der Waals surface area contributed by atoms with E-state index in [-0.39, 0.29) is 10.8 Å². The van der Waals surface area contributed by atoms with E-state index in [9.17, 15) is 13.2 Å². The number of ether oxygens (including phenoxy) is 1. The minimum Gasteiger partial charge on any atom is -0.494 e. The van der Waals surface area contributed by atoms with Gasteiger partial charge in [-0.1, -0.05) is 0 Å². The van der Waals surface area contributed by atoms with Crippen molar-refractivity contribution in [2.75, 3.05) is 43.9 Å². The van der Waals surface area contributed by atoms with Gasteiger partial charge in [0.1, 0.15) is 5.75 Å². The number of hydrogen-bond acceptors (Lipinski definition) is 6. The molecule has 0 bridgehead atoms. The van der Waals surface area contributed by atoms with Crippen LogP contribution in [0.1, 0.15) is 24.8 Å². The van der Waals surface area contributed by atoms with Crippen LogP contribution in [-0.2, 0) is 14.6 Å². The van der Waals surface area contributed by atoms with Gasteiger partial charge >= 0.3 is 0 Å². The van der Waals surface area contributed by atoms with Crippen molar-refractivity contribution in [3.8, 4) is 11.8 Å². The molecule has 2 aromatic carbocycles. The third-order valence-electron chi connectivity index (χ3n) is 5.27. The first-order chi connectivity index (χ1) is 14.9. The van der Waals surface area contributed by atoms with E-state index in [1.54, 1.807) is 12.1 Å². The summed E-state index contributed by atoms with van der Waals surface area (Å²) in [5.74, 6) is 0.713. The van der Waals surface area contributed by atoms with Gasteiger partial charge in [-0.25, -0.2) is 8.42 Å². The van der Waals surface area contributed by atoms with Gasteiger partial charge < -0.3 is 14.5 Å². The molecule has 0 N–H and O–H groups in total. The highest BCUT2D eigenvalue weighted by Crippen LogP contribution is 2.18. The second-order valence-corrected chi connectivity index (χ2v) is 9.59. The van der Waals surface area contributed by atoms with E-state index in [2.05, 4.69) is 11.0 Å². The predicted molar refractivity (Wildman–Crippen MR) is 119 cm³/mol. The molecule has 1 amide bonds. The number of nitriles is 1. The van der Waals surface area contributed by atoms with E-state index in [4.69, 9.17) is 10.00 Å². The smallest absolute Gasteiger partial charge is 0.222 e.